The highest BCUT2D eigenvalue weighted by molar-refractivity contribution is 5.76. The summed E-state index contributed by atoms with van der Waals surface area (Å²) in [7, 11) is 3.26. The molecular formula is C13H19FN2O2. The first-order valence-corrected chi connectivity index (χ1v) is 5.85. The van der Waals surface area contributed by atoms with Crippen LogP contribution in [0.1, 0.15) is 25.0 Å². The number of anilines is 1. The van der Waals surface area contributed by atoms with Crippen molar-refractivity contribution in [2.24, 2.45) is 0 Å². The molecule has 5 heteroatoms. The molecular weight excluding hydrogens is 235 g/mol. The fraction of sp³-hybridized carbons (Fsp3) is 0.462. The molecule has 0 aromatic heterocycles. The molecule has 0 saturated heterocycles. The lowest BCUT2D eigenvalue weighted by Crippen LogP contribution is -2.27. The highest BCUT2D eigenvalue weighted by atomic mass is 19.1. The van der Waals surface area contributed by atoms with Crippen LogP contribution in [0.5, 0.6) is 0 Å². The molecule has 0 aliphatic carbocycles. The van der Waals surface area contributed by atoms with Gasteiger partial charge in [0.2, 0.25) is 5.91 Å². The first-order valence-electron chi connectivity index (χ1n) is 5.85. The number of nitrogens with zero attached hydrogens (tertiary/aromatic N) is 1. The van der Waals surface area contributed by atoms with Crippen molar-refractivity contribution >= 4 is 11.6 Å². The number of aliphatic hydroxyl groups excluding tert-OH is 1. The van der Waals surface area contributed by atoms with Gasteiger partial charge in [0.1, 0.15) is 5.82 Å². The molecule has 0 bridgehead atoms. The lowest BCUT2D eigenvalue weighted by atomic mass is 10.1. The molecule has 100 valence electrons. The molecule has 2 N–H and O–H groups in total. The predicted molar refractivity (Wildman–Crippen MR) is 69.0 cm³/mol. The Hall–Kier alpha value is -1.62. The first-order chi connectivity index (χ1) is 8.47. The number of carbonyl (C=O) groups excluding carboxylic acids is 1. The third-order valence-electron chi connectivity index (χ3n) is 2.80. The molecule has 0 heterocycles. The van der Waals surface area contributed by atoms with Crippen LogP contribution in [0.15, 0.2) is 18.2 Å². The van der Waals surface area contributed by atoms with E-state index in [1.807, 2.05) is 0 Å². The molecule has 1 atom stereocenters. The Kier molecular flexibility index (Phi) is 5.09. The number of benzene rings is 1. The largest absolute Gasteiger partial charge is 0.389 e. The zero-order valence-corrected chi connectivity index (χ0v) is 10.9. The lowest BCUT2D eigenvalue weighted by Gasteiger charge is -2.23. The average molecular weight is 254 g/mol. The minimum absolute atomic E-state index is 0.100. The zero-order valence-electron chi connectivity index (χ0n) is 10.9. The molecule has 0 aliphatic rings. The second kappa shape index (κ2) is 6.35. The van der Waals surface area contributed by atoms with Crippen LogP contribution in [-0.4, -0.2) is 31.7 Å². The predicted octanol–water partition coefficient (Wildman–Crippen LogP) is 1.45. The molecule has 4 nitrogen and oxygen atoms in total. The summed E-state index contributed by atoms with van der Waals surface area (Å²) in [6.07, 6.45) is -0.473. The van der Waals surface area contributed by atoms with Crippen LogP contribution in [0, 0.1) is 5.82 Å². The Labute approximate surface area is 106 Å². The van der Waals surface area contributed by atoms with E-state index in [1.54, 1.807) is 38.1 Å². The molecule has 0 unspecified atom stereocenters. The summed E-state index contributed by atoms with van der Waals surface area (Å²) in [6, 6.07) is 4.59. The van der Waals surface area contributed by atoms with Crippen LogP contribution < -0.4 is 10.2 Å². The van der Waals surface area contributed by atoms with Gasteiger partial charge < -0.3 is 15.3 Å². The highest BCUT2D eigenvalue weighted by Crippen LogP contribution is 2.28. The molecule has 0 spiro atoms. The van der Waals surface area contributed by atoms with Crippen molar-refractivity contribution in [3.63, 3.8) is 0 Å². The van der Waals surface area contributed by atoms with Crippen LogP contribution in [0.2, 0.25) is 0 Å². The highest BCUT2D eigenvalue weighted by Gasteiger charge is 2.16. The number of para-hydroxylation sites is 1. The number of nitrogens with one attached hydrogen (secondary N) is 1. The van der Waals surface area contributed by atoms with Crippen LogP contribution in [-0.2, 0) is 4.79 Å². The van der Waals surface area contributed by atoms with Crippen molar-refractivity contribution in [2.45, 2.75) is 19.4 Å². The quantitative estimate of drug-likeness (QED) is 0.836. The monoisotopic (exact) mass is 254 g/mol. The number of halogens is 1. The molecule has 1 rings (SSSR count). The Bertz CT molecular complexity index is 421. The summed E-state index contributed by atoms with van der Waals surface area (Å²) in [5.41, 5.74) is 0.866. The minimum atomic E-state index is -0.752. The zero-order chi connectivity index (χ0) is 13.7. The van der Waals surface area contributed by atoms with E-state index in [2.05, 4.69) is 5.32 Å². The maximum atomic E-state index is 13.8. The Balaban J connectivity index is 2.90. The van der Waals surface area contributed by atoms with Crippen molar-refractivity contribution in [1.29, 1.82) is 0 Å². The summed E-state index contributed by atoms with van der Waals surface area (Å²) < 4.78 is 13.8. The minimum Gasteiger partial charge on any atom is -0.389 e. The van der Waals surface area contributed by atoms with E-state index in [1.165, 1.54) is 6.07 Å². The second-order valence-corrected chi connectivity index (χ2v) is 4.20. The van der Waals surface area contributed by atoms with Gasteiger partial charge in [-0.1, -0.05) is 12.1 Å². The van der Waals surface area contributed by atoms with Crippen molar-refractivity contribution in [3.8, 4) is 0 Å². The lowest BCUT2D eigenvalue weighted by molar-refractivity contribution is -0.120. The molecule has 0 radical (unpaired) electrons. The summed E-state index contributed by atoms with van der Waals surface area (Å²) in [6.45, 7) is 1.98. The summed E-state index contributed by atoms with van der Waals surface area (Å²) in [5, 5.41) is 12.1. The SMILES string of the molecule is CNC(=O)CCN(C)c1c(F)cccc1[C@@H](C)O. The fourth-order valence-electron chi connectivity index (χ4n) is 1.78. The van der Waals surface area contributed by atoms with Gasteiger partial charge in [0, 0.05) is 32.6 Å². The molecule has 1 amide bonds. The smallest absolute Gasteiger partial charge is 0.221 e. The molecule has 0 aliphatic heterocycles. The number of hydrogen-bond donors (Lipinski definition) is 2. The standard InChI is InChI=1S/C13H19FN2O2/c1-9(17)10-5-4-6-11(14)13(10)16(3)8-7-12(18)15-2/h4-6,9,17H,7-8H2,1-3H3,(H,15,18)/t9-/m1/s1. The maximum Gasteiger partial charge on any atom is 0.221 e. The number of amides is 1. The Morgan fingerprint density at radius 1 is 1.56 bits per heavy atom. The second-order valence-electron chi connectivity index (χ2n) is 4.20. The molecule has 18 heavy (non-hydrogen) atoms. The summed E-state index contributed by atoms with van der Waals surface area (Å²) >= 11 is 0. The van der Waals surface area contributed by atoms with Crippen LogP contribution in [0.3, 0.4) is 0 Å². The molecule has 0 fully saturated rings. The number of hydrogen-bond acceptors (Lipinski definition) is 3. The topological polar surface area (TPSA) is 52.6 Å². The average Bonchev–Trinajstić information content (AvgIpc) is 2.34. The molecule has 1 aromatic rings. The van der Waals surface area contributed by atoms with E-state index in [9.17, 15) is 14.3 Å². The van der Waals surface area contributed by atoms with Gasteiger partial charge >= 0.3 is 0 Å². The van der Waals surface area contributed by atoms with Crippen LogP contribution in [0.4, 0.5) is 10.1 Å². The van der Waals surface area contributed by atoms with E-state index in [4.69, 9.17) is 0 Å². The Morgan fingerprint density at radius 2 is 2.22 bits per heavy atom. The third-order valence-corrected chi connectivity index (χ3v) is 2.80. The van der Waals surface area contributed by atoms with Crippen LogP contribution >= 0.6 is 0 Å². The van der Waals surface area contributed by atoms with E-state index < -0.39 is 11.9 Å². The van der Waals surface area contributed by atoms with Gasteiger partial charge in [-0.05, 0) is 13.0 Å². The van der Waals surface area contributed by atoms with Gasteiger partial charge in [-0.25, -0.2) is 4.39 Å². The Morgan fingerprint density at radius 3 is 2.78 bits per heavy atom. The van der Waals surface area contributed by atoms with Crippen LogP contribution in [0.25, 0.3) is 0 Å². The summed E-state index contributed by atoms with van der Waals surface area (Å²) in [5.74, 6) is -0.496. The van der Waals surface area contributed by atoms with Gasteiger partial charge in [-0.2, -0.15) is 0 Å². The van der Waals surface area contributed by atoms with E-state index in [0.29, 0.717) is 17.8 Å². The van der Waals surface area contributed by atoms with E-state index >= 15 is 0 Å². The fourth-order valence-corrected chi connectivity index (χ4v) is 1.78. The maximum absolute atomic E-state index is 13.8. The van der Waals surface area contributed by atoms with E-state index in [-0.39, 0.29) is 12.3 Å². The van der Waals surface area contributed by atoms with Crippen molar-refractivity contribution < 1.29 is 14.3 Å². The first kappa shape index (κ1) is 14.4. The van der Waals surface area contributed by atoms with Gasteiger partial charge in [0.25, 0.3) is 0 Å². The summed E-state index contributed by atoms with van der Waals surface area (Å²) in [4.78, 5) is 12.8. The third kappa shape index (κ3) is 3.43. The van der Waals surface area contributed by atoms with Crippen molar-refractivity contribution in [3.05, 3.63) is 29.6 Å². The number of aliphatic hydroxyl groups is 1. The van der Waals surface area contributed by atoms with Gasteiger partial charge in [-0.15, -0.1) is 0 Å². The van der Waals surface area contributed by atoms with Crippen molar-refractivity contribution in [2.75, 3.05) is 25.5 Å². The van der Waals surface area contributed by atoms with Gasteiger partial charge in [0.05, 0.1) is 11.8 Å². The normalized spacial score (nSPS) is 12.1. The van der Waals surface area contributed by atoms with Crippen molar-refractivity contribution in [1.82, 2.24) is 5.32 Å². The van der Waals surface area contributed by atoms with Gasteiger partial charge in [0.15, 0.2) is 0 Å². The van der Waals surface area contributed by atoms with E-state index in [0.717, 1.165) is 0 Å². The molecule has 0 saturated carbocycles. The number of rotatable bonds is 5. The number of carbonyl (C=O) groups is 1. The molecule has 1 aromatic carbocycles. The van der Waals surface area contributed by atoms with Gasteiger partial charge in [-0.3, -0.25) is 4.79 Å².